The van der Waals surface area contributed by atoms with E-state index < -0.39 is 10.0 Å². The summed E-state index contributed by atoms with van der Waals surface area (Å²) in [6.45, 7) is 13.9. The molecule has 0 saturated carbocycles. The van der Waals surface area contributed by atoms with Gasteiger partial charge in [-0.05, 0) is 50.2 Å². The van der Waals surface area contributed by atoms with Crippen LogP contribution in [0.3, 0.4) is 0 Å². The van der Waals surface area contributed by atoms with Gasteiger partial charge in [0.2, 0.25) is 10.0 Å². The van der Waals surface area contributed by atoms with Crippen LogP contribution in [0.25, 0.3) is 0 Å². The van der Waals surface area contributed by atoms with Gasteiger partial charge in [-0.3, -0.25) is 0 Å². The van der Waals surface area contributed by atoms with Crippen LogP contribution in [0.1, 0.15) is 53.9 Å². The van der Waals surface area contributed by atoms with Gasteiger partial charge in [-0.25, -0.2) is 13.1 Å². The van der Waals surface area contributed by atoms with Crippen LogP contribution in [0.2, 0.25) is 0 Å². The minimum atomic E-state index is -3.06. The summed E-state index contributed by atoms with van der Waals surface area (Å²) in [5.74, 6) is 0. The first kappa shape index (κ1) is 19.9. The molecular formula is C15H34N2O2S. The Morgan fingerprint density at radius 1 is 0.950 bits per heavy atom. The largest absolute Gasteiger partial charge is 0.306 e. The highest BCUT2D eigenvalue weighted by Crippen LogP contribution is 2.25. The molecule has 0 unspecified atom stereocenters. The van der Waals surface area contributed by atoms with Gasteiger partial charge in [0.1, 0.15) is 0 Å². The highest BCUT2D eigenvalue weighted by molar-refractivity contribution is 7.88. The number of hydrogen-bond acceptors (Lipinski definition) is 3. The van der Waals surface area contributed by atoms with Gasteiger partial charge in [-0.2, -0.15) is 0 Å². The van der Waals surface area contributed by atoms with Crippen LogP contribution in [0, 0.1) is 10.8 Å². The highest BCUT2D eigenvalue weighted by atomic mass is 32.2. The number of nitrogens with one attached hydrogen (secondary N) is 1. The van der Waals surface area contributed by atoms with Gasteiger partial charge in [0.15, 0.2) is 0 Å². The van der Waals surface area contributed by atoms with E-state index in [1.807, 2.05) is 0 Å². The third-order valence-corrected chi connectivity index (χ3v) is 4.31. The van der Waals surface area contributed by atoms with E-state index in [9.17, 15) is 8.42 Å². The van der Waals surface area contributed by atoms with E-state index >= 15 is 0 Å². The Labute approximate surface area is 126 Å². The van der Waals surface area contributed by atoms with Crippen molar-refractivity contribution in [2.24, 2.45) is 10.8 Å². The molecule has 0 aliphatic heterocycles. The number of hydrogen-bond donors (Lipinski definition) is 1. The summed E-state index contributed by atoms with van der Waals surface area (Å²) in [5, 5.41) is 0. The Hall–Kier alpha value is -0.130. The van der Waals surface area contributed by atoms with Crippen molar-refractivity contribution in [2.75, 3.05) is 32.9 Å². The second-order valence-electron chi connectivity index (χ2n) is 7.94. The maximum atomic E-state index is 11.0. The van der Waals surface area contributed by atoms with Crippen molar-refractivity contribution in [3.63, 3.8) is 0 Å². The van der Waals surface area contributed by atoms with Crippen LogP contribution in [0.5, 0.6) is 0 Å². The van der Waals surface area contributed by atoms with E-state index in [2.05, 4.69) is 51.3 Å². The van der Waals surface area contributed by atoms with E-state index in [4.69, 9.17) is 0 Å². The molecule has 0 fully saturated rings. The Bertz CT molecular complexity index is 370. The predicted molar refractivity (Wildman–Crippen MR) is 87.4 cm³/mol. The van der Waals surface area contributed by atoms with Gasteiger partial charge >= 0.3 is 0 Å². The normalized spacial score (nSPS) is 14.0. The molecule has 4 nitrogen and oxygen atoms in total. The summed E-state index contributed by atoms with van der Waals surface area (Å²) in [4.78, 5) is 2.37. The molecule has 20 heavy (non-hydrogen) atoms. The molecule has 0 spiro atoms. The minimum absolute atomic E-state index is 0.160. The Morgan fingerprint density at radius 3 is 1.90 bits per heavy atom. The number of sulfonamides is 1. The Morgan fingerprint density at radius 2 is 1.45 bits per heavy atom. The smallest absolute Gasteiger partial charge is 0.208 e. The van der Waals surface area contributed by atoms with Crippen molar-refractivity contribution >= 4 is 10.0 Å². The predicted octanol–water partition coefficient (Wildman–Crippen LogP) is 2.71. The summed E-state index contributed by atoms with van der Waals surface area (Å²) in [7, 11) is -0.900. The van der Waals surface area contributed by atoms with Crippen molar-refractivity contribution in [3.05, 3.63) is 0 Å². The lowest BCUT2D eigenvalue weighted by atomic mass is 9.85. The molecule has 0 aromatic heterocycles. The second kappa shape index (κ2) is 7.76. The lowest BCUT2D eigenvalue weighted by Gasteiger charge is -2.29. The molecule has 0 aliphatic carbocycles. The summed E-state index contributed by atoms with van der Waals surface area (Å²) in [6, 6.07) is 0. The second-order valence-corrected chi connectivity index (χ2v) is 9.78. The maximum absolute atomic E-state index is 11.0. The molecule has 122 valence electrons. The maximum Gasteiger partial charge on any atom is 0.208 e. The summed E-state index contributed by atoms with van der Waals surface area (Å²) in [5.41, 5.74) is 0.539. The van der Waals surface area contributed by atoms with E-state index in [0.717, 1.165) is 25.9 Å². The van der Waals surface area contributed by atoms with Gasteiger partial charge in [0.05, 0.1) is 6.26 Å². The lowest BCUT2D eigenvalue weighted by molar-refractivity contribution is 0.215. The summed E-state index contributed by atoms with van der Waals surface area (Å²) < 4.78 is 24.7. The molecule has 0 radical (unpaired) electrons. The van der Waals surface area contributed by atoms with Crippen molar-refractivity contribution in [1.29, 1.82) is 0 Å². The molecule has 0 aromatic carbocycles. The van der Waals surface area contributed by atoms with Crippen LogP contribution < -0.4 is 4.72 Å². The average molecular weight is 307 g/mol. The van der Waals surface area contributed by atoms with Crippen LogP contribution in [-0.4, -0.2) is 46.3 Å². The minimum Gasteiger partial charge on any atom is -0.306 e. The van der Waals surface area contributed by atoms with Crippen LogP contribution in [-0.2, 0) is 10.0 Å². The standard InChI is InChI=1S/C15H34N2O2S/c1-14(2,3)9-12-17(6)13-10-15(4,5)8-11-16-20(7,18)19/h16H,8-13H2,1-7H3. The SMILES string of the molecule is CN(CCC(C)(C)C)CCC(C)(C)CCNS(C)(=O)=O. The number of rotatable bonds is 9. The fourth-order valence-electron chi connectivity index (χ4n) is 1.83. The first-order valence-electron chi connectivity index (χ1n) is 7.44. The molecule has 0 aliphatic rings. The summed E-state index contributed by atoms with van der Waals surface area (Å²) in [6.07, 6.45) is 4.35. The van der Waals surface area contributed by atoms with E-state index in [1.54, 1.807) is 0 Å². The molecule has 5 heteroatoms. The van der Waals surface area contributed by atoms with Gasteiger partial charge in [0.25, 0.3) is 0 Å². The van der Waals surface area contributed by atoms with Gasteiger partial charge in [-0.1, -0.05) is 34.6 Å². The molecule has 0 aromatic rings. The Balaban J connectivity index is 3.96. The average Bonchev–Trinajstić information content (AvgIpc) is 2.20. The fourth-order valence-corrected chi connectivity index (χ4v) is 2.30. The molecule has 0 atom stereocenters. The van der Waals surface area contributed by atoms with E-state index in [1.165, 1.54) is 12.7 Å². The highest BCUT2D eigenvalue weighted by Gasteiger charge is 2.19. The number of nitrogens with zero attached hydrogens (tertiary/aromatic N) is 1. The zero-order valence-electron chi connectivity index (χ0n) is 14.4. The van der Waals surface area contributed by atoms with Crippen molar-refractivity contribution in [1.82, 2.24) is 9.62 Å². The molecular weight excluding hydrogens is 272 g/mol. The zero-order chi connectivity index (χ0) is 16.0. The van der Waals surface area contributed by atoms with Crippen molar-refractivity contribution < 1.29 is 8.42 Å². The first-order valence-corrected chi connectivity index (χ1v) is 9.33. The first-order chi connectivity index (χ1) is 8.81. The summed E-state index contributed by atoms with van der Waals surface area (Å²) >= 11 is 0. The lowest BCUT2D eigenvalue weighted by Crippen LogP contribution is -2.31. The third-order valence-electron chi connectivity index (χ3n) is 3.58. The molecule has 0 rings (SSSR count). The van der Waals surface area contributed by atoms with Gasteiger partial charge < -0.3 is 4.90 Å². The van der Waals surface area contributed by atoms with Crippen LogP contribution >= 0.6 is 0 Å². The molecule has 1 N–H and O–H groups in total. The van der Waals surface area contributed by atoms with Gasteiger partial charge in [-0.15, -0.1) is 0 Å². The quantitative estimate of drug-likeness (QED) is 0.712. The van der Waals surface area contributed by atoms with Crippen LogP contribution in [0.15, 0.2) is 0 Å². The third kappa shape index (κ3) is 12.9. The van der Waals surface area contributed by atoms with E-state index in [0.29, 0.717) is 12.0 Å². The topological polar surface area (TPSA) is 49.4 Å². The van der Waals surface area contributed by atoms with E-state index in [-0.39, 0.29) is 5.41 Å². The molecule has 0 amide bonds. The van der Waals surface area contributed by atoms with Crippen molar-refractivity contribution in [3.8, 4) is 0 Å². The zero-order valence-corrected chi connectivity index (χ0v) is 15.2. The fraction of sp³-hybridized carbons (Fsp3) is 1.00. The molecule has 0 heterocycles. The Kier molecular flexibility index (Phi) is 7.71. The van der Waals surface area contributed by atoms with Crippen LogP contribution in [0.4, 0.5) is 0 Å². The van der Waals surface area contributed by atoms with Gasteiger partial charge in [0, 0.05) is 6.54 Å². The monoisotopic (exact) mass is 306 g/mol. The molecule has 0 bridgehead atoms. The van der Waals surface area contributed by atoms with Crippen molar-refractivity contribution in [2.45, 2.75) is 53.9 Å². The molecule has 0 saturated heterocycles.